The number of hydrogen-bond acceptors (Lipinski definition) is 4. The first kappa shape index (κ1) is 17.8. The molecule has 0 unspecified atom stereocenters. The second-order valence-electron chi connectivity index (χ2n) is 5.85. The Kier molecular flexibility index (Phi) is 6.48. The maximum atomic E-state index is 11.7. The van der Waals surface area contributed by atoms with Crippen molar-refractivity contribution in [3.63, 3.8) is 0 Å². The number of aromatic hydroxyl groups is 1. The molecule has 0 aliphatic rings. The Morgan fingerprint density at radius 2 is 2.05 bits per heavy atom. The molecule has 5 nitrogen and oxygen atoms in total. The summed E-state index contributed by atoms with van der Waals surface area (Å²) in [6.07, 6.45) is 0.424. The minimum Gasteiger partial charge on any atom is -0.503 e. The largest absolute Gasteiger partial charge is 0.503 e. The molecular formula is C15H23BrN2O3. The Balaban J connectivity index is 2.43. The van der Waals surface area contributed by atoms with Gasteiger partial charge in [0, 0.05) is 25.0 Å². The predicted molar refractivity (Wildman–Crippen MR) is 86.6 cm³/mol. The number of phenols is 1. The molecule has 1 amide bonds. The van der Waals surface area contributed by atoms with Crippen LogP contribution in [0.1, 0.15) is 32.8 Å². The van der Waals surface area contributed by atoms with E-state index in [0.717, 1.165) is 5.56 Å². The Bertz CT molecular complexity index is 498. The van der Waals surface area contributed by atoms with E-state index in [9.17, 15) is 9.90 Å². The van der Waals surface area contributed by atoms with Crippen molar-refractivity contribution in [1.29, 1.82) is 0 Å². The zero-order valence-electron chi connectivity index (χ0n) is 12.9. The molecule has 1 aromatic rings. The highest BCUT2D eigenvalue weighted by atomic mass is 79.9. The molecule has 0 spiro atoms. The van der Waals surface area contributed by atoms with Crippen LogP contribution in [0.15, 0.2) is 16.6 Å². The summed E-state index contributed by atoms with van der Waals surface area (Å²) >= 11 is 3.28. The molecular weight excluding hydrogens is 336 g/mol. The van der Waals surface area contributed by atoms with Gasteiger partial charge in [-0.1, -0.05) is 0 Å². The van der Waals surface area contributed by atoms with Gasteiger partial charge in [-0.25, -0.2) is 0 Å². The number of amides is 1. The first-order chi connectivity index (χ1) is 9.73. The van der Waals surface area contributed by atoms with Gasteiger partial charge in [-0.2, -0.15) is 0 Å². The van der Waals surface area contributed by atoms with E-state index >= 15 is 0 Å². The fourth-order valence-corrected chi connectivity index (χ4v) is 2.29. The van der Waals surface area contributed by atoms with E-state index in [0.29, 0.717) is 29.7 Å². The second-order valence-corrected chi connectivity index (χ2v) is 6.71. The SMILES string of the molecule is COc1cc(CNCCC(=O)NC(C)(C)C)cc(Br)c1O. The van der Waals surface area contributed by atoms with Crippen molar-refractivity contribution in [2.45, 2.75) is 39.3 Å². The number of methoxy groups -OCH3 is 1. The van der Waals surface area contributed by atoms with Crippen LogP contribution < -0.4 is 15.4 Å². The van der Waals surface area contributed by atoms with Crippen LogP contribution in [-0.2, 0) is 11.3 Å². The number of nitrogens with one attached hydrogen (secondary N) is 2. The predicted octanol–water partition coefficient (Wildman–Crippen LogP) is 2.56. The van der Waals surface area contributed by atoms with E-state index in [1.165, 1.54) is 7.11 Å². The lowest BCUT2D eigenvalue weighted by Gasteiger charge is -2.20. The zero-order chi connectivity index (χ0) is 16.0. The molecule has 0 radical (unpaired) electrons. The normalized spacial score (nSPS) is 11.3. The lowest BCUT2D eigenvalue weighted by Crippen LogP contribution is -2.41. The number of halogens is 1. The van der Waals surface area contributed by atoms with Crippen LogP contribution >= 0.6 is 15.9 Å². The second kappa shape index (κ2) is 7.66. The number of rotatable bonds is 6. The fourth-order valence-electron chi connectivity index (χ4n) is 1.80. The van der Waals surface area contributed by atoms with Gasteiger partial charge in [-0.15, -0.1) is 0 Å². The van der Waals surface area contributed by atoms with E-state index in [-0.39, 0.29) is 17.2 Å². The van der Waals surface area contributed by atoms with Crippen molar-refractivity contribution in [2.24, 2.45) is 0 Å². The van der Waals surface area contributed by atoms with Gasteiger partial charge in [0.2, 0.25) is 5.91 Å². The molecule has 3 N–H and O–H groups in total. The molecule has 0 saturated carbocycles. The maximum Gasteiger partial charge on any atom is 0.221 e. The van der Waals surface area contributed by atoms with Crippen LogP contribution in [0.4, 0.5) is 0 Å². The van der Waals surface area contributed by atoms with Crippen molar-refractivity contribution >= 4 is 21.8 Å². The lowest BCUT2D eigenvalue weighted by atomic mass is 10.1. The molecule has 0 bridgehead atoms. The summed E-state index contributed by atoms with van der Waals surface area (Å²) in [5.41, 5.74) is 0.763. The van der Waals surface area contributed by atoms with Gasteiger partial charge >= 0.3 is 0 Å². The van der Waals surface area contributed by atoms with Crippen molar-refractivity contribution in [2.75, 3.05) is 13.7 Å². The summed E-state index contributed by atoms with van der Waals surface area (Å²) in [4.78, 5) is 11.7. The minimum absolute atomic E-state index is 0.0273. The standard InChI is InChI=1S/C15H23BrN2O3/c1-15(2,3)18-13(19)5-6-17-9-10-7-11(16)14(20)12(8-10)21-4/h7-8,17,20H,5-6,9H2,1-4H3,(H,18,19). The zero-order valence-corrected chi connectivity index (χ0v) is 14.5. The molecule has 0 atom stereocenters. The Hall–Kier alpha value is -1.27. The van der Waals surface area contributed by atoms with Gasteiger partial charge in [0.15, 0.2) is 11.5 Å². The molecule has 1 aromatic carbocycles. The summed E-state index contributed by atoms with van der Waals surface area (Å²) in [5, 5.41) is 15.8. The van der Waals surface area contributed by atoms with E-state index in [1.807, 2.05) is 26.8 Å². The number of ether oxygens (including phenoxy) is 1. The van der Waals surface area contributed by atoms with Gasteiger partial charge in [0.25, 0.3) is 0 Å². The summed E-state index contributed by atoms with van der Waals surface area (Å²) in [5.74, 6) is 0.539. The van der Waals surface area contributed by atoms with Crippen LogP contribution in [0.3, 0.4) is 0 Å². The summed E-state index contributed by atoms with van der Waals surface area (Å²) in [6, 6.07) is 3.59. The van der Waals surface area contributed by atoms with Gasteiger partial charge in [-0.3, -0.25) is 4.79 Å². The molecule has 0 aliphatic heterocycles. The quantitative estimate of drug-likeness (QED) is 0.683. The van der Waals surface area contributed by atoms with Crippen molar-refractivity contribution in [3.8, 4) is 11.5 Å². The molecule has 0 aliphatic carbocycles. The van der Waals surface area contributed by atoms with Crippen molar-refractivity contribution < 1.29 is 14.6 Å². The third-order valence-corrected chi connectivity index (χ3v) is 3.29. The van der Waals surface area contributed by atoms with Gasteiger partial charge in [-0.05, 0) is 54.4 Å². The molecule has 0 aromatic heterocycles. The third kappa shape index (κ3) is 6.35. The van der Waals surface area contributed by atoms with Gasteiger partial charge < -0.3 is 20.5 Å². The first-order valence-corrected chi connectivity index (χ1v) is 7.59. The highest BCUT2D eigenvalue weighted by molar-refractivity contribution is 9.10. The molecule has 21 heavy (non-hydrogen) atoms. The van der Waals surface area contributed by atoms with E-state index < -0.39 is 0 Å². The average molecular weight is 359 g/mol. The van der Waals surface area contributed by atoms with E-state index in [4.69, 9.17) is 4.74 Å². The van der Waals surface area contributed by atoms with E-state index in [1.54, 1.807) is 6.07 Å². The highest BCUT2D eigenvalue weighted by Gasteiger charge is 2.13. The Labute approximate surface area is 134 Å². The maximum absolute atomic E-state index is 11.7. The van der Waals surface area contributed by atoms with Crippen LogP contribution in [0.5, 0.6) is 11.5 Å². The van der Waals surface area contributed by atoms with Crippen molar-refractivity contribution in [1.82, 2.24) is 10.6 Å². The van der Waals surface area contributed by atoms with Crippen LogP contribution in [-0.4, -0.2) is 30.2 Å². The van der Waals surface area contributed by atoms with E-state index in [2.05, 4.69) is 26.6 Å². The molecule has 1 rings (SSSR count). The minimum atomic E-state index is -0.202. The highest BCUT2D eigenvalue weighted by Crippen LogP contribution is 2.35. The van der Waals surface area contributed by atoms with Gasteiger partial charge in [0.05, 0.1) is 11.6 Å². The summed E-state index contributed by atoms with van der Waals surface area (Å²) in [6.45, 7) is 7.05. The lowest BCUT2D eigenvalue weighted by molar-refractivity contribution is -0.122. The summed E-state index contributed by atoms with van der Waals surface area (Å²) in [7, 11) is 1.51. The number of carbonyl (C=O) groups is 1. The molecule has 6 heteroatoms. The Morgan fingerprint density at radius 1 is 1.38 bits per heavy atom. The number of phenolic OH excluding ortho intramolecular Hbond substituents is 1. The van der Waals surface area contributed by atoms with Crippen LogP contribution in [0.25, 0.3) is 0 Å². The van der Waals surface area contributed by atoms with Crippen LogP contribution in [0, 0.1) is 0 Å². The molecule has 0 fully saturated rings. The summed E-state index contributed by atoms with van der Waals surface area (Å²) < 4.78 is 5.68. The fraction of sp³-hybridized carbons (Fsp3) is 0.533. The number of benzene rings is 1. The number of carbonyl (C=O) groups excluding carboxylic acids is 1. The molecule has 118 valence electrons. The topological polar surface area (TPSA) is 70.6 Å². The molecule has 0 saturated heterocycles. The first-order valence-electron chi connectivity index (χ1n) is 6.80. The Morgan fingerprint density at radius 3 is 2.62 bits per heavy atom. The molecule has 0 heterocycles. The third-order valence-electron chi connectivity index (χ3n) is 2.68. The van der Waals surface area contributed by atoms with Crippen molar-refractivity contribution in [3.05, 3.63) is 22.2 Å². The number of hydrogen-bond donors (Lipinski definition) is 3. The monoisotopic (exact) mass is 358 g/mol. The average Bonchev–Trinajstić information content (AvgIpc) is 2.36. The van der Waals surface area contributed by atoms with Crippen LogP contribution in [0.2, 0.25) is 0 Å². The van der Waals surface area contributed by atoms with Gasteiger partial charge in [0.1, 0.15) is 0 Å². The smallest absolute Gasteiger partial charge is 0.221 e.